The number of urea groups is 1. The number of imidazole rings is 1. The molecule has 0 saturated heterocycles. The molecule has 1 rings (SSSR count). The van der Waals surface area contributed by atoms with E-state index in [2.05, 4.69) is 15.0 Å². The molecule has 0 spiro atoms. The zero-order valence-electron chi connectivity index (χ0n) is 10.4. The molecule has 0 aromatic carbocycles. The molecule has 0 atom stereocenters. The minimum Gasteiger partial charge on any atom is -0.464 e. The Morgan fingerprint density at radius 3 is 2.67 bits per heavy atom. The number of nitrogens with one attached hydrogen (secondary N) is 1. The fourth-order valence-electron chi connectivity index (χ4n) is 1.57. The molecule has 0 radical (unpaired) electrons. The Bertz CT molecular complexity index is 455. The van der Waals surface area contributed by atoms with Gasteiger partial charge in [0.25, 0.3) is 0 Å². The van der Waals surface area contributed by atoms with Gasteiger partial charge in [-0.3, -0.25) is 0 Å². The normalized spacial score (nSPS) is 10.1. The standard InChI is InChI=1S/C10H17N5O3/c1-3-6-14-7(9(16)18-2)8(11)15(6)5-4-13-10(12)17/h3-5,11H2,1-2H3,(H3,12,13,17). The van der Waals surface area contributed by atoms with Crippen LogP contribution < -0.4 is 16.8 Å². The molecule has 1 aromatic rings. The monoisotopic (exact) mass is 255 g/mol. The third-order valence-corrected chi connectivity index (χ3v) is 2.42. The Morgan fingerprint density at radius 2 is 2.17 bits per heavy atom. The van der Waals surface area contributed by atoms with Gasteiger partial charge in [-0.25, -0.2) is 14.6 Å². The van der Waals surface area contributed by atoms with Crippen LogP contribution in [-0.2, 0) is 17.7 Å². The number of aromatic nitrogens is 2. The molecular formula is C10H17N5O3. The Balaban J connectivity index is 2.91. The highest BCUT2D eigenvalue weighted by Crippen LogP contribution is 2.15. The van der Waals surface area contributed by atoms with Crippen molar-refractivity contribution in [2.24, 2.45) is 5.73 Å². The van der Waals surface area contributed by atoms with E-state index in [0.29, 0.717) is 25.3 Å². The van der Waals surface area contributed by atoms with E-state index in [1.807, 2.05) is 6.92 Å². The van der Waals surface area contributed by atoms with Gasteiger partial charge in [-0.05, 0) is 0 Å². The molecule has 2 amide bonds. The van der Waals surface area contributed by atoms with Gasteiger partial charge >= 0.3 is 12.0 Å². The van der Waals surface area contributed by atoms with Crippen molar-refractivity contribution in [3.63, 3.8) is 0 Å². The summed E-state index contributed by atoms with van der Waals surface area (Å²) in [6, 6.07) is -0.611. The van der Waals surface area contributed by atoms with E-state index < -0.39 is 12.0 Å². The summed E-state index contributed by atoms with van der Waals surface area (Å²) in [7, 11) is 1.26. The van der Waals surface area contributed by atoms with Crippen LogP contribution in [-0.4, -0.2) is 35.2 Å². The number of ether oxygens (including phenoxy) is 1. The summed E-state index contributed by atoms with van der Waals surface area (Å²) in [4.78, 5) is 26.1. The Labute approximate surface area is 104 Å². The molecule has 0 aliphatic heterocycles. The number of primary amides is 1. The molecule has 18 heavy (non-hydrogen) atoms. The average Bonchev–Trinajstić information content (AvgIpc) is 2.65. The van der Waals surface area contributed by atoms with Gasteiger partial charge in [0, 0.05) is 19.5 Å². The van der Waals surface area contributed by atoms with Gasteiger partial charge in [0.1, 0.15) is 11.6 Å². The smallest absolute Gasteiger partial charge is 0.360 e. The lowest BCUT2D eigenvalue weighted by Crippen LogP contribution is -2.32. The summed E-state index contributed by atoms with van der Waals surface area (Å²) in [6.45, 7) is 2.59. The fourth-order valence-corrected chi connectivity index (χ4v) is 1.57. The maximum absolute atomic E-state index is 11.4. The molecule has 100 valence electrons. The zero-order valence-corrected chi connectivity index (χ0v) is 10.4. The number of hydrogen-bond acceptors (Lipinski definition) is 5. The van der Waals surface area contributed by atoms with E-state index in [-0.39, 0.29) is 11.5 Å². The lowest BCUT2D eigenvalue weighted by atomic mass is 10.4. The van der Waals surface area contributed by atoms with Gasteiger partial charge in [-0.2, -0.15) is 0 Å². The van der Waals surface area contributed by atoms with Crippen LogP contribution in [0, 0.1) is 0 Å². The second-order valence-corrected chi connectivity index (χ2v) is 3.55. The highest BCUT2D eigenvalue weighted by molar-refractivity contribution is 5.92. The SMILES string of the molecule is CCc1nc(C(=O)OC)c(N)n1CCNC(N)=O. The molecule has 8 heteroatoms. The van der Waals surface area contributed by atoms with Crippen molar-refractivity contribution in [3.8, 4) is 0 Å². The highest BCUT2D eigenvalue weighted by Gasteiger charge is 2.19. The number of esters is 1. The maximum Gasteiger partial charge on any atom is 0.360 e. The number of nitrogen functional groups attached to an aromatic ring is 1. The van der Waals surface area contributed by atoms with E-state index in [1.165, 1.54) is 7.11 Å². The predicted molar refractivity (Wildman–Crippen MR) is 64.9 cm³/mol. The third kappa shape index (κ3) is 2.90. The van der Waals surface area contributed by atoms with E-state index in [1.54, 1.807) is 4.57 Å². The molecule has 0 bridgehead atoms. The number of carbonyl (C=O) groups is 2. The van der Waals surface area contributed by atoms with Gasteiger partial charge in [-0.15, -0.1) is 0 Å². The van der Waals surface area contributed by atoms with Crippen LogP contribution in [0.4, 0.5) is 10.6 Å². The molecule has 0 aliphatic carbocycles. The quantitative estimate of drug-likeness (QED) is 0.610. The first-order valence-corrected chi connectivity index (χ1v) is 5.47. The Kier molecular flexibility index (Phi) is 4.52. The summed E-state index contributed by atoms with van der Waals surface area (Å²) in [5.74, 6) is 0.299. The lowest BCUT2D eigenvalue weighted by molar-refractivity contribution is 0.0595. The number of nitrogens with two attached hydrogens (primary N) is 2. The minimum atomic E-state index is -0.611. The fraction of sp³-hybridized carbons (Fsp3) is 0.500. The first kappa shape index (κ1) is 13.8. The molecule has 5 N–H and O–H groups in total. The number of nitrogens with zero attached hydrogens (tertiary/aromatic N) is 2. The first-order chi connectivity index (χ1) is 8.51. The number of rotatable bonds is 5. The molecule has 0 aliphatic rings. The van der Waals surface area contributed by atoms with E-state index >= 15 is 0 Å². The lowest BCUT2D eigenvalue weighted by Gasteiger charge is -2.08. The zero-order chi connectivity index (χ0) is 13.7. The summed E-state index contributed by atoms with van der Waals surface area (Å²) < 4.78 is 6.24. The van der Waals surface area contributed by atoms with Gasteiger partial charge in [0.05, 0.1) is 7.11 Å². The second kappa shape index (κ2) is 5.89. The number of aryl methyl sites for hydroxylation is 1. The summed E-state index contributed by atoms with van der Waals surface area (Å²) in [5, 5.41) is 2.44. The number of methoxy groups -OCH3 is 1. The average molecular weight is 255 g/mol. The van der Waals surface area contributed by atoms with Crippen LogP contribution in [0.15, 0.2) is 0 Å². The number of hydrogen-bond donors (Lipinski definition) is 3. The highest BCUT2D eigenvalue weighted by atomic mass is 16.5. The second-order valence-electron chi connectivity index (χ2n) is 3.55. The van der Waals surface area contributed by atoms with Gasteiger partial charge in [0.15, 0.2) is 5.69 Å². The van der Waals surface area contributed by atoms with Gasteiger partial charge in [-0.1, -0.05) is 6.92 Å². The number of amides is 2. The van der Waals surface area contributed by atoms with E-state index in [4.69, 9.17) is 11.5 Å². The summed E-state index contributed by atoms with van der Waals surface area (Å²) >= 11 is 0. The molecule has 8 nitrogen and oxygen atoms in total. The number of carbonyl (C=O) groups excluding carboxylic acids is 2. The van der Waals surface area contributed by atoms with Crippen molar-refractivity contribution in [1.82, 2.24) is 14.9 Å². The van der Waals surface area contributed by atoms with Gasteiger partial charge < -0.3 is 26.1 Å². The van der Waals surface area contributed by atoms with Crippen molar-refractivity contribution in [2.75, 3.05) is 19.4 Å². The van der Waals surface area contributed by atoms with Crippen molar-refractivity contribution in [2.45, 2.75) is 19.9 Å². The first-order valence-electron chi connectivity index (χ1n) is 5.47. The van der Waals surface area contributed by atoms with Crippen molar-refractivity contribution < 1.29 is 14.3 Å². The largest absolute Gasteiger partial charge is 0.464 e. The van der Waals surface area contributed by atoms with Crippen LogP contribution in [0.2, 0.25) is 0 Å². The van der Waals surface area contributed by atoms with E-state index in [0.717, 1.165) is 0 Å². The van der Waals surface area contributed by atoms with Crippen LogP contribution in [0.1, 0.15) is 23.2 Å². The van der Waals surface area contributed by atoms with Crippen LogP contribution in [0.25, 0.3) is 0 Å². The topological polar surface area (TPSA) is 125 Å². The predicted octanol–water partition coefficient (Wildman–Crippen LogP) is -0.517. The summed E-state index contributed by atoms with van der Waals surface area (Å²) in [5.41, 5.74) is 10.9. The molecule has 0 fully saturated rings. The Hall–Kier alpha value is -2.25. The maximum atomic E-state index is 11.4. The van der Waals surface area contributed by atoms with E-state index in [9.17, 15) is 9.59 Å². The molecule has 0 saturated carbocycles. The molecule has 1 aromatic heterocycles. The number of anilines is 1. The molecule has 1 heterocycles. The van der Waals surface area contributed by atoms with Crippen molar-refractivity contribution in [1.29, 1.82) is 0 Å². The van der Waals surface area contributed by atoms with Crippen LogP contribution >= 0.6 is 0 Å². The molecule has 0 unspecified atom stereocenters. The van der Waals surface area contributed by atoms with Crippen LogP contribution in [0.3, 0.4) is 0 Å². The summed E-state index contributed by atoms with van der Waals surface area (Å²) in [6.07, 6.45) is 0.609. The van der Waals surface area contributed by atoms with Crippen molar-refractivity contribution in [3.05, 3.63) is 11.5 Å². The minimum absolute atomic E-state index is 0.0911. The van der Waals surface area contributed by atoms with Crippen molar-refractivity contribution >= 4 is 17.8 Å². The van der Waals surface area contributed by atoms with Gasteiger partial charge in [0.2, 0.25) is 0 Å². The third-order valence-electron chi connectivity index (χ3n) is 2.42. The molecular weight excluding hydrogens is 238 g/mol. The Morgan fingerprint density at radius 1 is 1.50 bits per heavy atom. The van der Waals surface area contributed by atoms with Crippen LogP contribution in [0.5, 0.6) is 0 Å².